The highest BCUT2D eigenvalue weighted by molar-refractivity contribution is 5.75. The first-order valence-corrected chi connectivity index (χ1v) is 5.71. The quantitative estimate of drug-likeness (QED) is 0.726. The molecule has 3 nitrogen and oxygen atoms in total. The van der Waals surface area contributed by atoms with Gasteiger partial charge in [0.25, 0.3) is 0 Å². The second-order valence-corrected chi connectivity index (χ2v) is 5.61. The Bertz CT molecular complexity index is 512. The number of nitrogens with zero attached hydrogens (tertiary/aromatic N) is 1. The highest BCUT2D eigenvalue weighted by atomic mass is 16.5. The first-order chi connectivity index (χ1) is 7.30. The summed E-state index contributed by atoms with van der Waals surface area (Å²) >= 11 is 0. The standard InChI is InChI=1S/C13H19NO2/c1-7(2)11-9(13(4,5)6)10-12(16-11)15-8(3)14-10/h7H,1-6H3. The van der Waals surface area contributed by atoms with Gasteiger partial charge < -0.3 is 8.83 Å². The summed E-state index contributed by atoms with van der Waals surface area (Å²) in [6, 6.07) is 0. The lowest BCUT2D eigenvalue weighted by Crippen LogP contribution is -2.13. The normalized spacial score (nSPS) is 12.9. The monoisotopic (exact) mass is 221 g/mol. The number of furan rings is 1. The minimum Gasteiger partial charge on any atom is -0.428 e. The molecule has 0 spiro atoms. The number of aromatic nitrogens is 1. The van der Waals surface area contributed by atoms with Gasteiger partial charge in [-0.25, -0.2) is 4.98 Å². The predicted octanol–water partition coefficient (Wildman–Crippen LogP) is 4.15. The molecule has 0 aliphatic heterocycles. The van der Waals surface area contributed by atoms with Gasteiger partial charge in [-0.1, -0.05) is 34.6 Å². The smallest absolute Gasteiger partial charge is 0.318 e. The van der Waals surface area contributed by atoms with E-state index in [1.165, 1.54) is 5.56 Å². The van der Waals surface area contributed by atoms with E-state index in [1.807, 2.05) is 6.92 Å². The van der Waals surface area contributed by atoms with Crippen molar-refractivity contribution in [1.29, 1.82) is 0 Å². The van der Waals surface area contributed by atoms with Crippen LogP contribution in [0.15, 0.2) is 8.83 Å². The topological polar surface area (TPSA) is 39.2 Å². The molecular formula is C13H19NO2. The van der Waals surface area contributed by atoms with Crippen molar-refractivity contribution in [2.75, 3.05) is 0 Å². The van der Waals surface area contributed by atoms with Gasteiger partial charge in [-0.3, -0.25) is 0 Å². The summed E-state index contributed by atoms with van der Waals surface area (Å²) in [6.07, 6.45) is 0. The number of fused-ring (bicyclic) bond motifs is 1. The van der Waals surface area contributed by atoms with Crippen molar-refractivity contribution in [3.63, 3.8) is 0 Å². The van der Waals surface area contributed by atoms with Gasteiger partial charge in [0, 0.05) is 18.4 Å². The molecule has 0 amide bonds. The average Bonchev–Trinajstić information content (AvgIpc) is 2.56. The molecule has 0 N–H and O–H groups in total. The van der Waals surface area contributed by atoms with E-state index >= 15 is 0 Å². The molecule has 2 aromatic rings. The Morgan fingerprint density at radius 1 is 1.12 bits per heavy atom. The first kappa shape index (κ1) is 11.2. The third-order valence-electron chi connectivity index (χ3n) is 2.66. The van der Waals surface area contributed by atoms with Crippen LogP contribution in [0.3, 0.4) is 0 Å². The number of aryl methyl sites for hydroxylation is 1. The van der Waals surface area contributed by atoms with Crippen LogP contribution in [0.25, 0.3) is 11.3 Å². The zero-order valence-corrected chi connectivity index (χ0v) is 10.8. The van der Waals surface area contributed by atoms with E-state index in [9.17, 15) is 0 Å². The fraction of sp³-hybridized carbons (Fsp3) is 0.615. The van der Waals surface area contributed by atoms with Crippen LogP contribution in [0.1, 0.15) is 57.8 Å². The van der Waals surface area contributed by atoms with Crippen LogP contribution in [0.5, 0.6) is 0 Å². The molecule has 2 heterocycles. The van der Waals surface area contributed by atoms with Crippen molar-refractivity contribution >= 4 is 11.3 Å². The molecule has 3 heteroatoms. The highest BCUT2D eigenvalue weighted by Crippen LogP contribution is 2.38. The second kappa shape index (κ2) is 3.37. The molecule has 88 valence electrons. The van der Waals surface area contributed by atoms with Gasteiger partial charge in [0.2, 0.25) is 0 Å². The van der Waals surface area contributed by atoms with Crippen molar-refractivity contribution in [2.45, 2.75) is 52.9 Å². The molecule has 0 fully saturated rings. The van der Waals surface area contributed by atoms with Crippen LogP contribution in [0.4, 0.5) is 0 Å². The van der Waals surface area contributed by atoms with Crippen molar-refractivity contribution in [2.24, 2.45) is 0 Å². The number of oxazole rings is 1. The molecule has 2 aromatic heterocycles. The molecule has 2 rings (SSSR count). The fourth-order valence-electron chi connectivity index (χ4n) is 2.03. The Labute approximate surface area is 95.8 Å². The predicted molar refractivity (Wildman–Crippen MR) is 63.8 cm³/mol. The van der Waals surface area contributed by atoms with Crippen LogP contribution >= 0.6 is 0 Å². The first-order valence-electron chi connectivity index (χ1n) is 5.71. The van der Waals surface area contributed by atoms with E-state index in [0.29, 0.717) is 17.6 Å². The summed E-state index contributed by atoms with van der Waals surface area (Å²) < 4.78 is 11.2. The Hall–Kier alpha value is -1.25. The van der Waals surface area contributed by atoms with Crippen molar-refractivity contribution in [3.05, 3.63) is 17.2 Å². The van der Waals surface area contributed by atoms with Crippen LogP contribution in [-0.4, -0.2) is 4.98 Å². The maximum atomic E-state index is 5.78. The minimum absolute atomic E-state index is 0.0220. The maximum absolute atomic E-state index is 5.78. The molecule has 0 saturated heterocycles. The number of hydrogen-bond donors (Lipinski definition) is 0. The van der Waals surface area contributed by atoms with Gasteiger partial charge >= 0.3 is 5.78 Å². The molecule has 0 atom stereocenters. The largest absolute Gasteiger partial charge is 0.428 e. The lowest BCUT2D eigenvalue weighted by atomic mass is 9.84. The summed E-state index contributed by atoms with van der Waals surface area (Å²) in [4.78, 5) is 4.42. The van der Waals surface area contributed by atoms with Gasteiger partial charge in [-0.2, -0.15) is 0 Å². The zero-order valence-electron chi connectivity index (χ0n) is 10.8. The molecule has 16 heavy (non-hydrogen) atoms. The van der Waals surface area contributed by atoms with E-state index in [0.717, 1.165) is 11.3 Å². The van der Waals surface area contributed by atoms with E-state index < -0.39 is 0 Å². The number of rotatable bonds is 1. The lowest BCUT2D eigenvalue weighted by molar-refractivity contribution is 0.414. The molecule has 0 aromatic carbocycles. The van der Waals surface area contributed by atoms with Crippen LogP contribution in [0.2, 0.25) is 0 Å². The average molecular weight is 221 g/mol. The van der Waals surface area contributed by atoms with E-state index in [-0.39, 0.29) is 5.41 Å². The Morgan fingerprint density at radius 3 is 2.25 bits per heavy atom. The van der Waals surface area contributed by atoms with Gasteiger partial charge in [0.15, 0.2) is 11.4 Å². The summed E-state index contributed by atoms with van der Waals surface area (Å²) in [7, 11) is 0. The van der Waals surface area contributed by atoms with Crippen molar-refractivity contribution in [1.82, 2.24) is 4.98 Å². The summed E-state index contributed by atoms with van der Waals surface area (Å²) in [5, 5.41) is 0. The van der Waals surface area contributed by atoms with Crippen molar-refractivity contribution in [3.8, 4) is 0 Å². The van der Waals surface area contributed by atoms with E-state index in [4.69, 9.17) is 8.83 Å². The third-order valence-corrected chi connectivity index (χ3v) is 2.66. The van der Waals surface area contributed by atoms with Gasteiger partial charge in [0.1, 0.15) is 5.76 Å². The molecule has 0 aliphatic carbocycles. The minimum atomic E-state index is 0.0220. The van der Waals surface area contributed by atoms with E-state index in [2.05, 4.69) is 39.6 Å². The fourth-order valence-corrected chi connectivity index (χ4v) is 2.03. The zero-order chi connectivity index (χ0) is 12.1. The van der Waals surface area contributed by atoms with Gasteiger partial charge in [-0.05, 0) is 5.41 Å². The molecule has 0 unspecified atom stereocenters. The highest BCUT2D eigenvalue weighted by Gasteiger charge is 2.29. The summed E-state index contributed by atoms with van der Waals surface area (Å²) in [6.45, 7) is 12.6. The summed E-state index contributed by atoms with van der Waals surface area (Å²) in [5.41, 5.74) is 2.08. The Morgan fingerprint density at radius 2 is 1.75 bits per heavy atom. The van der Waals surface area contributed by atoms with E-state index in [1.54, 1.807) is 0 Å². The lowest BCUT2D eigenvalue weighted by Gasteiger charge is -2.19. The molecule has 0 saturated carbocycles. The van der Waals surface area contributed by atoms with Crippen LogP contribution in [-0.2, 0) is 5.41 Å². The second-order valence-electron chi connectivity index (χ2n) is 5.61. The summed E-state index contributed by atoms with van der Waals surface area (Å²) in [5.74, 6) is 2.56. The Balaban J connectivity index is 2.77. The Kier molecular flexibility index (Phi) is 2.37. The van der Waals surface area contributed by atoms with Gasteiger partial charge in [-0.15, -0.1) is 0 Å². The van der Waals surface area contributed by atoms with Crippen LogP contribution in [0, 0.1) is 6.92 Å². The molecule has 0 radical (unpaired) electrons. The molecule has 0 aliphatic rings. The molecule has 0 bridgehead atoms. The SMILES string of the molecule is Cc1nc2c(C(C)(C)C)c(C(C)C)oc2o1. The molecular weight excluding hydrogens is 202 g/mol. The van der Waals surface area contributed by atoms with Crippen LogP contribution < -0.4 is 0 Å². The number of hydrogen-bond acceptors (Lipinski definition) is 3. The third kappa shape index (κ3) is 1.64. The van der Waals surface area contributed by atoms with Gasteiger partial charge in [0.05, 0.1) is 0 Å². The van der Waals surface area contributed by atoms with Crippen molar-refractivity contribution < 1.29 is 8.83 Å². The maximum Gasteiger partial charge on any atom is 0.318 e.